The summed E-state index contributed by atoms with van der Waals surface area (Å²) in [5, 5.41) is 11.5. The quantitative estimate of drug-likeness (QED) is 0.216. The number of carboxylic acids is 1. The minimum absolute atomic E-state index is 0.0261. The maximum Gasteiger partial charge on any atom is 0.329 e. The molecule has 1 amide bonds. The first-order valence-electron chi connectivity index (χ1n) is 11.7. The number of halogens is 4. The molecule has 0 aliphatic carbocycles. The number of ether oxygens (including phenoxy) is 2. The number of hydrogen-bond acceptors (Lipinski definition) is 5. The van der Waals surface area contributed by atoms with Crippen LogP contribution in [0.3, 0.4) is 0 Å². The minimum atomic E-state index is -1.15. The minimum Gasteiger partial charge on any atom is -0.483 e. The molecule has 0 unspecified atom stereocenters. The Kier molecular flexibility index (Phi) is 10.0. The lowest BCUT2D eigenvalue weighted by atomic mass is 10.0. The van der Waals surface area contributed by atoms with Gasteiger partial charge in [0.1, 0.15) is 29.6 Å². The molecular weight excluding hydrogens is 612 g/mol. The van der Waals surface area contributed by atoms with Crippen LogP contribution in [-0.2, 0) is 14.3 Å². The molecule has 0 saturated carbocycles. The van der Waals surface area contributed by atoms with Crippen molar-refractivity contribution in [1.82, 2.24) is 0 Å². The maximum absolute atomic E-state index is 15.0. The zero-order valence-corrected chi connectivity index (χ0v) is 23.9. The Morgan fingerprint density at radius 2 is 1.80 bits per heavy atom. The molecule has 40 heavy (non-hydrogen) atoms. The van der Waals surface area contributed by atoms with E-state index in [2.05, 4.69) is 33.1 Å². The average molecular weight is 635 g/mol. The first kappa shape index (κ1) is 30.8. The Morgan fingerprint density at radius 1 is 1.07 bits per heavy atom. The predicted molar refractivity (Wildman–Crippen MR) is 149 cm³/mol. The van der Waals surface area contributed by atoms with Crippen LogP contribution in [0.5, 0.6) is 5.75 Å². The molecule has 0 spiro atoms. The van der Waals surface area contributed by atoms with Gasteiger partial charge in [0.25, 0.3) is 5.91 Å². The number of carboxylic acid groups (broad SMARTS) is 1. The number of amides is 1. The van der Waals surface area contributed by atoms with Crippen LogP contribution in [0.1, 0.15) is 40.9 Å². The van der Waals surface area contributed by atoms with Crippen LogP contribution in [-0.4, -0.2) is 41.6 Å². The Balaban J connectivity index is 1.72. The van der Waals surface area contributed by atoms with Crippen molar-refractivity contribution in [3.63, 3.8) is 0 Å². The van der Waals surface area contributed by atoms with Crippen LogP contribution in [0.4, 0.5) is 14.5 Å². The highest BCUT2D eigenvalue weighted by Gasteiger charge is 2.19. The smallest absolute Gasteiger partial charge is 0.329 e. The van der Waals surface area contributed by atoms with Gasteiger partial charge in [-0.2, -0.15) is 0 Å². The zero-order chi connectivity index (χ0) is 29.6. The maximum atomic E-state index is 15.0. The predicted octanol–water partition coefficient (Wildman–Crippen LogP) is 6.17. The van der Waals surface area contributed by atoms with Crippen molar-refractivity contribution in [1.29, 1.82) is 0 Å². The number of anilines is 1. The molecule has 0 atom stereocenters. The van der Waals surface area contributed by atoms with Gasteiger partial charge in [0, 0.05) is 26.3 Å². The van der Waals surface area contributed by atoms with Gasteiger partial charge in [-0.3, -0.25) is 9.59 Å². The summed E-state index contributed by atoms with van der Waals surface area (Å²) in [6, 6.07) is 10.8. The number of carbonyl (C=O) groups excluding carboxylic acids is 2. The van der Waals surface area contributed by atoms with Crippen LogP contribution < -0.4 is 10.1 Å². The molecule has 208 valence electrons. The van der Waals surface area contributed by atoms with Gasteiger partial charge < -0.3 is 19.9 Å². The molecule has 0 heterocycles. The van der Waals surface area contributed by atoms with E-state index in [9.17, 15) is 23.2 Å². The second-order valence-corrected chi connectivity index (χ2v) is 10.4. The van der Waals surface area contributed by atoms with Crippen molar-refractivity contribution in [3.8, 4) is 17.6 Å². The van der Waals surface area contributed by atoms with E-state index in [1.54, 1.807) is 13.8 Å². The average Bonchev–Trinajstić information content (AvgIpc) is 2.88. The van der Waals surface area contributed by atoms with Crippen molar-refractivity contribution >= 4 is 50.9 Å². The molecule has 0 radical (unpaired) electrons. The largest absolute Gasteiger partial charge is 0.483 e. The number of carbonyl (C=O) groups is 3. The Hall–Kier alpha value is -3.78. The third-order valence-electron chi connectivity index (χ3n) is 5.38. The van der Waals surface area contributed by atoms with Crippen LogP contribution in [0.15, 0.2) is 53.0 Å². The second kappa shape index (κ2) is 13.0. The molecule has 0 aliphatic rings. The Bertz CT molecular complexity index is 1530. The third kappa shape index (κ3) is 8.36. The highest BCUT2D eigenvalue weighted by atomic mass is 79.9. The van der Waals surface area contributed by atoms with Crippen LogP contribution >= 0.6 is 27.5 Å². The number of ketones is 1. The highest BCUT2D eigenvalue weighted by Crippen LogP contribution is 2.27. The first-order chi connectivity index (χ1) is 18.8. The fourth-order valence-electron chi connectivity index (χ4n) is 3.39. The molecular formula is C29H23BrClF2NO6. The summed E-state index contributed by atoms with van der Waals surface area (Å²) < 4.78 is 39.9. The standard InChI is InChI=1S/C29H23BrClF2NO6/c1-16-23(6-4-17(27(16)33)8-9-29(2,3)40-15-26(36)37)34-25(35)14-39-24-7-5-20(31)13-22(24)28(38)18-10-19(30)12-21(32)11-18/h4-7,10-13H,14-15H2,1-3H3,(H,34,35)(H,36,37). The summed E-state index contributed by atoms with van der Waals surface area (Å²) in [5.74, 6) is 1.74. The lowest BCUT2D eigenvalue weighted by molar-refractivity contribution is -0.145. The monoisotopic (exact) mass is 633 g/mol. The molecule has 2 N–H and O–H groups in total. The summed E-state index contributed by atoms with van der Waals surface area (Å²) in [5.41, 5.74) is -0.728. The van der Waals surface area contributed by atoms with Crippen molar-refractivity contribution in [2.24, 2.45) is 0 Å². The van der Waals surface area contributed by atoms with Gasteiger partial charge in [0.15, 0.2) is 12.4 Å². The van der Waals surface area contributed by atoms with E-state index in [0.29, 0.717) is 4.47 Å². The van der Waals surface area contributed by atoms with E-state index < -0.39 is 48.1 Å². The van der Waals surface area contributed by atoms with Gasteiger partial charge >= 0.3 is 5.97 Å². The fraction of sp³-hybridized carbons (Fsp3) is 0.207. The van der Waals surface area contributed by atoms with Gasteiger partial charge in [-0.05, 0) is 69.3 Å². The molecule has 0 bridgehead atoms. The van der Waals surface area contributed by atoms with E-state index >= 15 is 0 Å². The normalized spacial score (nSPS) is 10.9. The first-order valence-corrected chi connectivity index (χ1v) is 12.8. The number of aliphatic carboxylic acids is 1. The van der Waals surface area contributed by atoms with Gasteiger partial charge in [-0.15, -0.1) is 0 Å². The van der Waals surface area contributed by atoms with E-state index in [4.69, 9.17) is 26.2 Å². The topological polar surface area (TPSA) is 102 Å². The molecule has 11 heteroatoms. The number of hydrogen-bond donors (Lipinski definition) is 2. The molecule has 3 rings (SSSR count). The lowest BCUT2D eigenvalue weighted by Crippen LogP contribution is -2.25. The summed E-state index contributed by atoms with van der Waals surface area (Å²) in [6.07, 6.45) is 0. The van der Waals surface area contributed by atoms with Crippen molar-refractivity contribution in [2.75, 3.05) is 18.5 Å². The van der Waals surface area contributed by atoms with Gasteiger partial charge in [-0.1, -0.05) is 39.4 Å². The molecule has 0 saturated heterocycles. The van der Waals surface area contributed by atoms with E-state index in [0.717, 1.165) is 6.07 Å². The summed E-state index contributed by atoms with van der Waals surface area (Å²) in [7, 11) is 0. The van der Waals surface area contributed by atoms with Crippen LogP contribution in [0.2, 0.25) is 5.02 Å². The Labute approximate surface area is 242 Å². The number of nitrogens with one attached hydrogen (secondary N) is 1. The van der Waals surface area contributed by atoms with Crippen molar-refractivity contribution in [3.05, 3.63) is 91.9 Å². The SMILES string of the molecule is Cc1c(NC(=O)COc2ccc(Cl)cc2C(=O)c2cc(F)cc(Br)c2)ccc(C#CC(C)(C)OCC(=O)O)c1F. The zero-order valence-electron chi connectivity index (χ0n) is 21.5. The van der Waals surface area contributed by atoms with Gasteiger partial charge in [0.2, 0.25) is 0 Å². The number of benzene rings is 3. The van der Waals surface area contributed by atoms with Gasteiger partial charge in [0.05, 0.1) is 11.1 Å². The van der Waals surface area contributed by atoms with Gasteiger partial charge in [-0.25, -0.2) is 13.6 Å². The highest BCUT2D eigenvalue weighted by molar-refractivity contribution is 9.10. The van der Waals surface area contributed by atoms with E-state index in [-0.39, 0.29) is 38.7 Å². The summed E-state index contributed by atoms with van der Waals surface area (Å²) >= 11 is 9.21. The van der Waals surface area contributed by atoms with Crippen molar-refractivity contribution < 1.29 is 37.7 Å². The summed E-state index contributed by atoms with van der Waals surface area (Å²) in [4.78, 5) is 36.4. The van der Waals surface area contributed by atoms with Crippen molar-refractivity contribution in [2.45, 2.75) is 26.4 Å². The summed E-state index contributed by atoms with van der Waals surface area (Å²) in [6.45, 7) is 3.49. The third-order valence-corrected chi connectivity index (χ3v) is 6.08. The molecule has 0 aromatic heterocycles. The van der Waals surface area contributed by atoms with E-state index in [1.807, 2.05) is 0 Å². The molecule has 3 aromatic rings. The molecule has 0 aliphatic heterocycles. The molecule has 3 aromatic carbocycles. The molecule has 0 fully saturated rings. The molecule has 7 nitrogen and oxygen atoms in total. The van der Waals surface area contributed by atoms with Crippen LogP contribution in [0, 0.1) is 30.4 Å². The van der Waals surface area contributed by atoms with E-state index in [1.165, 1.54) is 49.4 Å². The Morgan fingerprint density at radius 3 is 2.48 bits per heavy atom. The number of rotatable bonds is 9. The second-order valence-electron chi connectivity index (χ2n) is 9.01. The fourth-order valence-corrected chi connectivity index (χ4v) is 4.03. The van der Waals surface area contributed by atoms with Crippen LogP contribution in [0.25, 0.3) is 0 Å². The lowest BCUT2D eigenvalue weighted by Gasteiger charge is -2.17.